The van der Waals surface area contributed by atoms with Crippen LogP contribution in [-0.4, -0.2) is 14.5 Å². The van der Waals surface area contributed by atoms with Crippen molar-refractivity contribution in [3.63, 3.8) is 0 Å². The predicted molar refractivity (Wildman–Crippen MR) is 79.5 cm³/mol. The molecule has 0 radical (unpaired) electrons. The predicted octanol–water partition coefficient (Wildman–Crippen LogP) is 3.27. The van der Waals surface area contributed by atoms with E-state index in [4.69, 9.17) is 4.74 Å². The highest BCUT2D eigenvalue weighted by molar-refractivity contribution is 7.92. The summed E-state index contributed by atoms with van der Waals surface area (Å²) in [5, 5.41) is 0. The van der Waals surface area contributed by atoms with Gasteiger partial charge in [-0.25, -0.2) is 8.42 Å². The Morgan fingerprint density at radius 1 is 0.950 bits per heavy atom. The minimum atomic E-state index is -3.60. The van der Waals surface area contributed by atoms with E-state index >= 15 is 0 Å². The van der Waals surface area contributed by atoms with Crippen molar-refractivity contribution in [1.82, 2.24) is 0 Å². The van der Waals surface area contributed by atoms with Gasteiger partial charge in [0.1, 0.15) is 5.75 Å². The van der Waals surface area contributed by atoms with Crippen molar-refractivity contribution in [2.24, 2.45) is 0 Å². The van der Waals surface area contributed by atoms with E-state index in [2.05, 4.69) is 4.72 Å². The van der Waals surface area contributed by atoms with Crippen molar-refractivity contribution in [3.8, 4) is 5.75 Å². The summed E-state index contributed by atoms with van der Waals surface area (Å²) in [6.07, 6.45) is -0.0302. The Bertz CT molecular complexity index is 667. The van der Waals surface area contributed by atoms with E-state index in [1.165, 1.54) is 0 Å². The van der Waals surface area contributed by atoms with Gasteiger partial charge in [-0.3, -0.25) is 4.72 Å². The number of anilines is 1. The molecule has 106 valence electrons. The first-order chi connectivity index (χ1) is 9.49. The van der Waals surface area contributed by atoms with Crippen LogP contribution in [0.2, 0.25) is 0 Å². The molecule has 0 saturated heterocycles. The van der Waals surface area contributed by atoms with E-state index in [0.717, 1.165) is 0 Å². The fourth-order valence-electron chi connectivity index (χ4n) is 1.71. The van der Waals surface area contributed by atoms with Crippen molar-refractivity contribution in [1.29, 1.82) is 0 Å². The molecule has 0 spiro atoms. The topological polar surface area (TPSA) is 55.4 Å². The Balaban J connectivity index is 2.31. The Morgan fingerprint density at radius 2 is 1.55 bits per heavy atom. The van der Waals surface area contributed by atoms with Crippen molar-refractivity contribution in [3.05, 3.63) is 54.6 Å². The van der Waals surface area contributed by atoms with Gasteiger partial charge in [-0.2, -0.15) is 0 Å². The second kappa shape index (κ2) is 5.96. The van der Waals surface area contributed by atoms with Gasteiger partial charge in [0, 0.05) is 0 Å². The van der Waals surface area contributed by atoms with E-state index < -0.39 is 10.0 Å². The molecular formula is C15H17NO3S. The van der Waals surface area contributed by atoms with Gasteiger partial charge in [0.2, 0.25) is 0 Å². The van der Waals surface area contributed by atoms with Crippen LogP contribution in [0.4, 0.5) is 5.69 Å². The number of ether oxygens (including phenoxy) is 1. The zero-order chi connectivity index (χ0) is 14.6. The highest BCUT2D eigenvalue weighted by Crippen LogP contribution is 2.27. The lowest BCUT2D eigenvalue weighted by Crippen LogP contribution is -2.15. The third kappa shape index (κ3) is 3.51. The zero-order valence-electron chi connectivity index (χ0n) is 11.4. The van der Waals surface area contributed by atoms with Gasteiger partial charge in [-0.15, -0.1) is 0 Å². The molecule has 2 aromatic rings. The number of rotatable bonds is 5. The summed E-state index contributed by atoms with van der Waals surface area (Å²) in [6.45, 7) is 3.78. The van der Waals surface area contributed by atoms with E-state index in [1.807, 2.05) is 13.8 Å². The van der Waals surface area contributed by atoms with Gasteiger partial charge in [0.05, 0.1) is 16.7 Å². The number of para-hydroxylation sites is 2. The van der Waals surface area contributed by atoms with E-state index in [-0.39, 0.29) is 11.0 Å². The minimum Gasteiger partial charge on any atom is -0.489 e. The summed E-state index contributed by atoms with van der Waals surface area (Å²) in [5.74, 6) is 0.516. The average molecular weight is 291 g/mol. The van der Waals surface area contributed by atoms with Gasteiger partial charge < -0.3 is 4.74 Å². The summed E-state index contributed by atoms with van der Waals surface area (Å²) in [7, 11) is -3.60. The first-order valence-electron chi connectivity index (χ1n) is 6.32. The number of nitrogens with one attached hydrogen (secondary N) is 1. The van der Waals surface area contributed by atoms with E-state index in [1.54, 1.807) is 54.6 Å². The standard InChI is InChI=1S/C15H17NO3S/c1-12(2)19-15-11-7-6-10-14(15)16-20(17,18)13-8-4-3-5-9-13/h3-12,16H,1-2H3. The Kier molecular flexibility index (Phi) is 4.29. The van der Waals surface area contributed by atoms with Gasteiger partial charge in [0.15, 0.2) is 0 Å². The molecule has 20 heavy (non-hydrogen) atoms. The van der Waals surface area contributed by atoms with Gasteiger partial charge in [0.25, 0.3) is 10.0 Å². The number of sulfonamides is 1. The summed E-state index contributed by atoms with van der Waals surface area (Å²) >= 11 is 0. The molecule has 4 nitrogen and oxygen atoms in total. The Labute approximate surface area is 119 Å². The van der Waals surface area contributed by atoms with Crippen molar-refractivity contribution >= 4 is 15.7 Å². The summed E-state index contributed by atoms with van der Waals surface area (Å²) < 4.78 is 32.7. The largest absolute Gasteiger partial charge is 0.489 e. The van der Waals surface area contributed by atoms with Crippen molar-refractivity contribution in [2.45, 2.75) is 24.8 Å². The molecule has 0 saturated carbocycles. The smallest absolute Gasteiger partial charge is 0.262 e. The van der Waals surface area contributed by atoms with Crippen molar-refractivity contribution < 1.29 is 13.2 Å². The monoisotopic (exact) mass is 291 g/mol. The normalized spacial score (nSPS) is 11.3. The summed E-state index contributed by atoms with van der Waals surface area (Å²) in [4.78, 5) is 0.222. The molecule has 0 heterocycles. The highest BCUT2D eigenvalue weighted by atomic mass is 32.2. The maximum absolute atomic E-state index is 12.3. The van der Waals surface area contributed by atoms with Crippen LogP contribution in [0, 0.1) is 0 Å². The zero-order valence-corrected chi connectivity index (χ0v) is 12.2. The van der Waals surface area contributed by atoms with E-state index in [9.17, 15) is 8.42 Å². The third-order valence-corrected chi connectivity index (χ3v) is 3.93. The molecule has 0 aliphatic carbocycles. The average Bonchev–Trinajstić information content (AvgIpc) is 2.41. The molecule has 0 fully saturated rings. The van der Waals surface area contributed by atoms with Gasteiger partial charge in [-0.1, -0.05) is 30.3 Å². The molecule has 5 heteroatoms. The molecule has 2 rings (SSSR count). The van der Waals surface area contributed by atoms with Crippen molar-refractivity contribution in [2.75, 3.05) is 4.72 Å². The van der Waals surface area contributed by atoms with Crippen LogP contribution in [0.25, 0.3) is 0 Å². The second-order valence-electron chi connectivity index (χ2n) is 4.58. The third-order valence-electron chi connectivity index (χ3n) is 2.55. The lowest BCUT2D eigenvalue weighted by Gasteiger charge is -2.15. The number of hydrogen-bond acceptors (Lipinski definition) is 3. The molecule has 0 amide bonds. The Morgan fingerprint density at radius 3 is 2.20 bits per heavy atom. The SMILES string of the molecule is CC(C)Oc1ccccc1NS(=O)(=O)c1ccccc1. The second-order valence-corrected chi connectivity index (χ2v) is 6.26. The number of benzene rings is 2. The lowest BCUT2D eigenvalue weighted by molar-refractivity contribution is 0.244. The summed E-state index contributed by atoms with van der Waals surface area (Å²) in [5.41, 5.74) is 0.435. The van der Waals surface area contributed by atoms with E-state index in [0.29, 0.717) is 11.4 Å². The lowest BCUT2D eigenvalue weighted by atomic mass is 10.3. The van der Waals surface area contributed by atoms with Crippen LogP contribution in [0.1, 0.15) is 13.8 Å². The molecule has 0 atom stereocenters. The molecule has 1 N–H and O–H groups in total. The maximum Gasteiger partial charge on any atom is 0.262 e. The van der Waals surface area contributed by atoms with Crippen LogP contribution in [-0.2, 0) is 10.0 Å². The maximum atomic E-state index is 12.3. The van der Waals surface area contributed by atoms with Crippen LogP contribution >= 0.6 is 0 Å². The molecule has 0 unspecified atom stereocenters. The van der Waals surface area contributed by atoms with Gasteiger partial charge in [-0.05, 0) is 38.1 Å². The minimum absolute atomic E-state index is 0.0302. The van der Waals surface area contributed by atoms with Crippen LogP contribution in [0.5, 0.6) is 5.75 Å². The highest BCUT2D eigenvalue weighted by Gasteiger charge is 2.16. The fraction of sp³-hybridized carbons (Fsp3) is 0.200. The quantitative estimate of drug-likeness (QED) is 0.919. The fourth-order valence-corrected chi connectivity index (χ4v) is 2.80. The van der Waals surface area contributed by atoms with Gasteiger partial charge >= 0.3 is 0 Å². The molecule has 0 aromatic heterocycles. The number of hydrogen-bond donors (Lipinski definition) is 1. The molecular weight excluding hydrogens is 274 g/mol. The first-order valence-corrected chi connectivity index (χ1v) is 7.81. The molecule has 0 bridgehead atoms. The van der Waals surface area contributed by atoms with Crippen LogP contribution in [0.3, 0.4) is 0 Å². The van der Waals surface area contributed by atoms with Crippen LogP contribution in [0.15, 0.2) is 59.5 Å². The summed E-state index contributed by atoms with van der Waals surface area (Å²) in [6, 6.07) is 15.2. The molecule has 0 aliphatic heterocycles. The molecule has 2 aromatic carbocycles. The first kappa shape index (κ1) is 14.4. The molecule has 0 aliphatic rings. The van der Waals surface area contributed by atoms with Crippen LogP contribution < -0.4 is 9.46 Å². The Hall–Kier alpha value is -2.01.